The van der Waals surface area contributed by atoms with Crippen molar-refractivity contribution in [2.75, 3.05) is 25.6 Å². The van der Waals surface area contributed by atoms with Crippen LogP contribution in [0, 0.1) is 6.92 Å². The molecule has 126 valence electrons. The molecule has 1 amide bonds. The third-order valence-electron chi connectivity index (χ3n) is 3.85. The van der Waals surface area contributed by atoms with Gasteiger partial charge < -0.3 is 19.5 Å². The van der Waals surface area contributed by atoms with Gasteiger partial charge in [0, 0.05) is 29.9 Å². The number of carbonyl (C=O) groups is 1. The Morgan fingerprint density at radius 2 is 2.21 bits per heavy atom. The Bertz CT molecular complexity index is 727. The van der Waals surface area contributed by atoms with Gasteiger partial charge in [-0.1, -0.05) is 0 Å². The van der Waals surface area contributed by atoms with Crippen LogP contribution in [-0.2, 0) is 4.74 Å². The monoisotopic (exact) mass is 328 g/mol. The number of anilines is 1. The SMILES string of the molecule is COc1ccc(NC(=O)c2ccnc(OC3CCOC3)c2)c(C)c1. The van der Waals surface area contributed by atoms with Gasteiger partial charge in [-0.15, -0.1) is 0 Å². The molecule has 1 fully saturated rings. The molecular weight excluding hydrogens is 308 g/mol. The number of benzene rings is 1. The van der Waals surface area contributed by atoms with Crippen LogP contribution >= 0.6 is 0 Å². The molecule has 1 saturated heterocycles. The van der Waals surface area contributed by atoms with Crippen molar-refractivity contribution in [2.24, 2.45) is 0 Å². The minimum absolute atomic E-state index is 0.000330. The van der Waals surface area contributed by atoms with Crippen molar-refractivity contribution < 1.29 is 19.0 Å². The quantitative estimate of drug-likeness (QED) is 0.914. The molecule has 0 bridgehead atoms. The first-order chi connectivity index (χ1) is 11.7. The van der Waals surface area contributed by atoms with Gasteiger partial charge in [0.15, 0.2) is 0 Å². The van der Waals surface area contributed by atoms with Gasteiger partial charge in [-0.2, -0.15) is 0 Å². The van der Waals surface area contributed by atoms with E-state index in [0.717, 1.165) is 23.4 Å². The molecular formula is C18H20N2O4. The van der Waals surface area contributed by atoms with Gasteiger partial charge in [-0.3, -0.25) is 4.79 Å². The second kappa shape index (κ2) is 7.31. The lowest BCUT2D eigenvalue weighted by molar-refractivity contribution is 0.102. The summed E-state index contributed by atoms with van der Waals surface area (Å²) in [5.74, 6) is 0.978. The fourth-order valence-electron chi connectivity index (χ4n) is 2.49. The number of nitrogens with one attached hydrogen (secondary N) is 1. The Balaban J connectivity index is 1.70. The minimum Gasteiger partial charge on any atom is -0.497 e. The average Bonchev–Trinajstić information content (AvgIpc) is 3.09. The highest BCUT2D eigenvalue weighted by molar-refractivity contribution is 6.04. The van der Waals surface area contributed by atoms with Gasteiger partial charge in [0.25, 0.3) is 5.91 Å². The van der Waals surface area contributed by atoms with E-state index < -0.39 is 0 Å². The van der Waals surface area contributed by atoms with Crippen LogP contribution < -0.4 is 14.8 Å². The Labute approximate surface area is 140 Å². The van der Waals surface area contributed by atoms with E-state index in [1.165, 1.54) is 0 Å². The van der Waals surface area contributed by atoms with Crippen LogP contribution in [0.1, 0.15) is 22.3 Å². The van der Waals surface area contributed by atoms with Crippen molar-refractivity contribution in [1.29, 1.82) is 0 Å². The molecule has 2 heterocycles. The van der Waals surface area contributed by atoms with E-state index in [1.807, 2.05) is 25.1 Å². The number of nitrogens with zero attached hydrogens (tertiary/aromatic N) is 1. The summed E-state index contributed by atoms with van der Waals surface area (Å²) in [6.07, 6.45) is 2.41. The van der Waals surface area contributed by atoms with Crippen molar-refractivity contribution in [3.05, 3.63) is 47.7 Å². The van der Waals surface area contributed by atoms with E-state index in [2.05, 4.69) is 10.3 Å². The zero-order chi connectivity index (χ0) is 16.9. The molecule has 0 radical (unpaired) electrons. The summed E-state index contributed by atoms with van der Waals surface area (Å²) in [5, 5.41) is 2.90. The molecule has 2 aromatic rings. The van der Waals surface area contributed by atoms with E-state index in [1.54, 1.807) is 25.4 Å². The van der Waals surface area contributed by atoms with Crippen molar-refractivity contribution in [3.63, 3.8) is 0 Å². The summed E-state index contributed by atoms with van der Waals surface area (Å²) in [5.41, 5.74) is 2.16. The first-order valence-electron chi connectivity index (χ1n) is 7.82. The number of ether oxygens (including phenoxy) is 3. The molecule has 1 aliphatic rings. The molecule has 0 saturated carbocycles. The van der Waals surface area contributed by atoms with Gasteiger partial charge in [-0.05, 0) is 36.8 Å². The standard InChI is InChI=1S/C18H20N2O4/c1-12-9-14(22-2)3-4-16(12)20-18(21)13-5-7-19-17(10-13)24-15-6-8-23-11-15/h3-5,7,9-10,15H,6,8,11H2,1-2H3,(H,20,21). The van der Waals surface area contributed by atoms with E-state index in [0.29, 0.717) is 24.7 Å². The predicted molar refractivity (Wildman–Crippen MR) is 89.8 cm³/mol. The highest BCUT2D eigenvalue weighted by Gasteiger charge is 2.18. The Morgan fingerprint density at radius 3 is 2.92 bits per heavy atom. The van der Waals surface area contributed by atoms with Crippen molar-refractivity contribution in [1.82, 2.24) is 4.98 Å². The number of pyridine rings is 1. The lowest BCUT2D eigenvalue weighted by Gasteiger charge is -2.12. The number of aryl methyl sites for hydroxylation is 1. The zero-order valence-corrected chi connectivity index (χ0v) is 13.7. The molecule has 1 N–H and O–H groups in total. The molecule has 6 nitrogen and oxygen atoms in total. The zero-order valence-electron chi connectivity index (χ0n) is 13.7. The number of hydrogen-bond donors (Lipinski definition) is 1. The minimum atomic E-state index is -0.210. The maximum atomic E-state index is 12.5. The van der Waals surface area contributed by atoms with Crippen LogP contribution in [0.25, 0.3) is 0 Å². The summed E-state index contributed by atoms with van der Waals surface area (Å²) < 4.78 is 16.2. The van der Waals surface area contributed by atoms with Crippen molar-refractivity contribution >= 4 is 11.6 Å². The number of carbonyl (C=O) groups excluding carboxylic acids is 1. The van der Waals surface area contributed by atoms with Crippen LogP contribution in [0.4, 0.5) is 5.69 Å². The summed E-state index contributed by atoms with van der Waals surface area (Å²) in [7, 11) is 1.61. The number of methoxy groups -OCH3 is 1. The lowest BCUT2D eigenvalue weighted by atomic mass is 10.1. The maximum Gasteiger partial charge on any atom is 0.255 e. The number of amides is 1. The third-order valence-corrected chi connectivity index (χ3v) is 3.85. The first-order valence-corrected chi connectivity index (χ1v) is 7.82. The summed E-state index contributed by atoms with van der Waals surface area (Å²) >= 11 is 0. The Hall–Kier alpha value is -2.60. The lowest BCUT2D eigenvalue weighted by Crippen LogP contribution is -2.17. The van der Waals surface area contributed by atoms with Gasteiger partial charge in [0.05, 0.1) is 20.3 Å². The number of aromatic nitrogens is 1. The van der Waals surface area contributed by atoms with Gasteiger partial charge in [-0.25, -0.2) is 4.98 Å². The molecule has 6 heteroatoms. The van der Waals surface area contributed by atoms with E-state index in [-0.39, 0.29) is 12.0 Å². The largest absolute Gasteiger partial charge is 0.497 e. The highest BCUT2D eigenvalue weighted by Crippen LogP contribution is 2.22. The van der Waals surface area contributed by atoms with Crippen LogP contribution in [-0.4, -0.2) is 37.3 Å². The van der Waals surface area contributed by atoms with Gasteiger partial charge >= 0.3 is 0 Å². The summed E-state index contributed by atoms with van der Waals surface area (Å²) in [4.78, 5) is 16.6. The third kappa shape index (κ3) is 3.83. The normalized spacial score (nSPS) is 16.7. The molecule has 1 unspecified atom stereocenters. The molecule has 1 aromatic carbocycles. The van der Waals surface area contributed by atoms with Crippen molar-refractivity contribution in [3.8, 4) is 11.6 Å². The van der Waals surface area contributed by atoms with Crippen LogP contribution in [0.15, 0.2) is 36.5 Å². The van der Waals surface area contributed by atoms with Gasteiger partial charge in [0.2, 0.25) is 5.88 Å². The number of rotatable bonds is 5. The van der Waals surface area contributed by atoms with Crippen LogP contribution in [0.5, 0.6) is 11.6 Å². The molecule has 0 aliphatic carbocycles. The number of hydrogen-bond acceptors (Lipinski definition) is 5. The van der Waals surface area contributed by atoms with Crippen molar-refractivity contribution in [2.45, 2.75) is 19.4 Å². The van der Waals surface area contributed by atoms with E-state index in [9.17, 15) is 4.79 Å². The second-order valence-corrected chi connectivity index (χ2v) is 5.62. The highest BCUT2D eigenvalue weighted by atomic mass is 16.5. The van der Waals surface area contributed by atoms with Gasteiger partial charge in [0.1, 0.15) is 11.9 Å². The molecule has 24 heavy (non-hydrogen) atoms. The molecule has 1 aromatic heterocycles. The average molecular weight is 328 g/mol. The predicted octanol–water partition coefficient (Wildman–Crippen LogP) is 2.82. The van der Waals surface area contributed by atoms with E-state index >= 15 is 0 Å². The summed E-state index contributed by atoms with van der Waals surface area (Å²) in [6.45, 7) is 3.17. The van der Waals surface area contributed by atoms with Crippen LogP contribution in [0.3, 0.4) is 0 Å². The molecule has 3 rings (SSSR count). The fraction of sp³-hybridized carbons (Fsp3) is 0.333. The molecule has 0 spiro atoms. The topological polar surface area (TPSA) is 69.7 Å². The fourth-order valence-corrected chi connectivity index (χ4v) is 2.49. The second-order valence-electron chi connectivity index (χ2n) is 5.62. The smallest absolute Gasteiger partial charge is 0.255 e. The van der Waals surface area contributed by atoms with E-state index in [4.69, 9.17) is 14.2 Å². The Kier molecular flexibility index (Phi) is 4.96. The Morgan fingerprint density at radius 1 is 1.33 bits per heavy atom. The molecule has 1 aliphatic heterocycles. The first kappa shape index (κ1) is 16.3. The molecule has 1 atom stereocenters. The maximum absolute atomic E-state index is 12.5. The van der Waals surface area contributed by atoms with Crippen LogP contribution in [0.2, 0.25) is 0 Å². The summed E-state index contributed by atoms with van der Waals surface area (Å²) in [6, 6.07) is 8.81.